The van der Waals surface area contributed by atoms with Crippen LogP contribution in [0.4, 0.5) is 0 Å². The molecule has 34 heavy (non-hydrogen) atoms. The first-order valence-corrected chi connectivity index (χ1v) is 12.6. The number of esters is 1. The summed E-state index contributed by atoms with van der Waals surface area (Å²) in [6.45, 7) is 8.41. The first kappa shape index (κ1) is 24.5. The Kier molecular flexibility index (Phi) is 7.42. The summed E-state index contributed by atoms with van der Waals surface area (Å²) in [5, 5.41) is 14.4. The van der Waals surface area contributed by atoms with Gasteiger partial charge >= 0.3 is 5.97 Å². The molecule has 0 radical (unpaired) electrons. The van der Waals surface area contributed by atoms with Crippen molar-refractivity contribution in [3.63, 3.8) is 0 Å². The summed E-state index contributed by atoms with van der Waals surface area (Å²) >= 11 is 0. The van der Waals surface area contributed by atoms with Crippen LogP contribution in [0.3, 0.4) is 0 Å². The van der Waals surface area contributed by atoms with Gasteiger partial charge in [-0.1, -0.05) is 81.8 Å². The van der Waals surface area contributed by atoms with Crippen molar-refractivity contribution in [1.82, 2.24) is 5.32 Å². The lowest BCUT2D eigenvalue weighted by molar-refractivity contribution is -0.182. The average Bonchev–Trinajstić information content (AvgIpc) is 3.08. The maximum Gasteiger partial charge on any atom is 0.331 e. The number of rotatable bonds is 2. The normalized spacial score (nSPS) is 37.7. The standard InChI is InChI=1S/C29H37NO4/c1-19-12-7-4-5-10-17-25(31)34-29-23(16-11-13-19)27(32)21(3)20(2)26(29)24(30-28(29)33)18-22-14-8-6-9-15-22/h6,8-11,14-17,19-20,23-24,26-27,32H,3-5,7,12-13,18H2,1-2H3,(H,30,33)/b16-11+,17-10?/t19-,20-,23+,24+,26+,27-,29-/m1/s1. The molecule has 182 valence electrons. The van der Waals surface area contributed by atoms with Gasteiger partial charge in [-0.2, -0.15) is 0 Å². The van der Waals surface area contributed by atoms with Crippen molar-refractivity contribution < 1.29 is 19.4 Å². The number of hydrogen-bond donors (Lipinski definition) is 2. The fourth-order valence-electron chi connectivity index (χ4n) is 6.07. The number of carbonyl (C=O) groups is 2. The summed E-state index contributed by atoms with van der Waals surface area (Å²) in [5.74, 6) is -1.59. The number of carbonyl (C=O) groups excluding carboxylic acids is 2. The predicted molar refractivity (Wildman–Crippen MR) is 133 cm³/mol. The first-order valence-electron chi connectivity index (χ1n) is 12.6. The maximum absolute atomic E-state index is 13.7. The number of allylic oxidation sites excluding steroid dienone is 2. The molecule has 1 aromatic carbocycles. The molecule has 1 amide bonds. The van der Waals surface area contributed by atoms with Crippen molar-refractivity contribution in [3.05, 3.63) is 72.4 Å². The number of hydrogen-bond acceptors (Lipinski definition) is 4. The smallest absolute Gasteiger partial charge is 0.331 e. The zero-order chi connectivity index (χ0) is 24.3. The highest BCUT2D eigenvalue weighted by Gasteiger charge is 2.67. The van der Waals surface area contributed by atoms with Crippen LogP contribution in [0.25, 0.3) is 0 Å². The van der Waals surface area contributed by atoms with Crippen molar-refractivity contribution >= 4 is 11.9 Å². The molecule has 2 N–H and O–H groups in total. The van der Waals surface area contributed by atoms with Crippen LogP contribution in [0.5, 0.6) is 0 Å². The molecule has 5 heteroatoms. The molecule has 2 heterocycles. The Morgan fingerprint density at radius 1 is 1.15 bits per heavy atom. The fourth-order valence-corrected chi connectivity index (χ4v) is 6.07. The van der Waals surface area contributed by atoms with E-state index in [1.165, 1.54) is 6.08 Å². The molecule has 4 rings (SSSR count). The van der Waals surface area contributed by atoms with Gasteiger partial charge in [0.25, 0.3) is 5.91 Å². The summed E-state index contributed by atoms with van der Waals surface area (Å²) in [7, 11) is 0. The lowest BCUT2D eigenvalue weighted by atomic mass is 9.59. The molecular formula is C29H37NO4. The van der Waals surface area contributed by atoms with Crippen LogP contribution >= 0.6 is 0 Å². The largest absolute Gasteiger partial charge is 0.445 e. The molecule has 3 aliphatic rings. The molecule has 1 aromatic rings. The van der Waals surface area contributed by atoms with Crippen LogP contribution in [0, 0.1) is 23.7 Å². The zero-order valence-corrected chi connectivity index (χ0v) is 20.3. The van der Waals surface area contributed by atoms with Crippen molar-refractivity contribution in [2.75, 3.05) is 0 Å². The number of benzene rings is 1. The fraction of sp³-hybridized carbons (Fsp3) is 0.517. The number of aliphatic hydroxyl groups is 1. The van der Waals surface area contributed by atoms with Gasteiger partial charge in [-0.15, -0.1) is 0 Å². The van der Waals surface area contributed by atoms with Crippen molar-refractivity contribution in [2.24, 2.45) is 23.7 Å². The predicted octanol–water partition coefficient (Wildman–Crippen LogP) is 4.52. The molecule has 2 fully saturated rings. The first-order chi connectivity index (χ1) is 16.3. The Hall–Kier alpha value is -2.66. The van der Waals surface area contributed by atoms with E-state index < -0.39 is 23.6 Å². The summed E-state index contributed by atoms with van der Waals surface area (Å²) in [5.41, 5.74) is 0.303. The summed E-state index contributed by atoms with van der Waals surface area (Å²) in [6, 6.07) is 9.76. The van der Waals surface area contributed by atoms with E-state index in [1.807, 2.05) is 55.5 Å². The lowest BCUT2D eigenvalue weighted by Gasteiger charge is -2.49. The minimum Gasteiger partial charge on any atom is -0.445 e. The molecule has 1 saturated carbocycles. The number of ether oxygens (including phenoxy) is 1. The highest BCUT2D eigenvalue weighted by molar-refractivity contribution is 5.94. The van der Waals surface area contributed by atoms with E-state index in [2.05, 4.69) is 18.8 Å². The van der Waals surface area contributed by atoms with Crippen LogP contribution in [0.15, 0.2) is 66.8 Å². The van der Waals surface area contributed by atoms with E-state index in [4.69, 9.17) is 4.74 Å². The topological polar surface area (TPSA) is 75.6 Å². The number of nitrogens with one attached hydrogen (secondary N) is 1. The van der Waals surface area contributed by atoms with E-state index in [9.17, 15) is 14.7 Å². The van der Waals surface area contributed by atoms with Gasteiger partial charge in [-0.25, -0.2) is 4.79 Å². The van der Waals surface area contributed by atoms with Gasteiger partial charge < -0.3 is 15.2 Å². The molecule has 7 atom stereocenters. The molecule has 0 aromatic heterocycles. The second-order valence-corrected chi connectivity index (χ2v) is 10.3. The van der Waals surface area contributed by atoms with Crippen LogP contribution in [0.1, 0.15) is 51.5 Å². The Morgan fingerprint density at radius 2 is 1.91 bits per heavy atom. The second kappa shape index (κ2) is 10.3. The van der Waals surface area contributed by atoms with E-state index in [0.29, 0.717) is 17.9 Å². The summed E-state index contributed by atoms with van der Waals surface area (Å²) in [4.78, 5) is 26.7. The molecule has 1 saturated heterocycles. The van der Waals surface area contributed by atoms with Crippen LogP contribution in [0.2, 0.25) is 0 Å². The lowest BCUT2D eigenvalue weighted by Crippen LogP contribution is -2.61. The van der Waals surface area contributed by atoms with E-state index in [-0.39, 0.29) is 23.8 Å². The van der Waals surface area contributed by atoms with Crippen molar-refractivity contribution in [3.8, 4) is 0 Å². The molecule has 5 nitrogen and oxygen atoms in total. The average molecular weight is 464 g/mol. The van der Waals surface area contributed by atoms with E-state index in [0.717, 1.165) is 37.7 Å². The SMILES string of the molecule is C=C1[C@@H](C)[C@H]2[C@H](Cc3ccccc3)NC(=O)[C@]23OC(=O)C=CCCCC[C@@H](C)C/C=C/[C@H]3[C@@H]1O. The molecule has 2 aliphatic heterocycles. The molecule has 0 unspecified atom stereocenters. The van der Waals surface area contributed by atoms with Gasteiger partial charge in [0.05, 0.1) is 12.0 Å². The Labute approximate surface area is 203 Å². The van der Waals surface area contributed by atoms with Gasteiger partial charge in [0, 0.05) is 18.0 Å². The quantitative estimate of drug-likeness (QED) is 0.499. The van der Waals surface area contributed by atoms with Gasteiger partial charge in [0.15, 0.2) is 0 Å². The minimum atomic E-state index is -1.48. The van der Waals surface area contributed by atoms with E-state index in [1.54, 1.807) is 0 Å². The third-order valence-corrected chi connectivity index (χ3v) is 7.96. The van der Waals surface area contributed by atoms with Crippen LogP contribution in [-0.4, -0.2) is 34.7 Å². The maximum atomic E-state index is 13.7. The van der Waals surface area contributed by atoms with Crippen LogP contribution in [-0.2, 0) is 20.7 Å². The minimum absolute atomic E-state index is 0.207. The van der Waals surface area contributed by atoms with Gasteiger partial charge in [0.1, 0.15) is 0 Å². The summed E-state index contributed by atoms with van der Waals surface area (Å²) < 4.78 is 6.12. The third-order valence-electron chi connectivity index (χ3n) is 7.96. The summed E-state index contributed by atoms with van der Waals surface area (Å²) in [6.07, 6.45) is 11.8. The van der Waals surface area contributed by atoms with E-state index >= 15 is 0 Å². The van der Waals surface area contributed by atoms with Gasteiger partial charge in [-0.05, 0) is 48.7 Å². The Morgan fingerprint density at radius 3 is 2.68 bits per heavy atom. The Bertz CT molecular complexity index is 968. The molecular weight excluding hydrogens is 426 g/mol. The Balaban J connectivity index is 1.77. The van der Waals surface area contributed by atoms with Gasteiger partial charge in [0.2, 0.25) is 5.60 Å². The highest BCUT2D eigenvalue weighted by Crippen LogP contribution is 2.52. The second-order valence-electron chi connectivity index (χ2n) is 10.3. The van der Waals surface area contributed by atoms with Crippen molar-refractivity contribution in [1.29, 1.82) is 0 Å². The molecule has 1 spiro atoms. The number of amides is 1. The van der Waals surface area contributed by atoms with Crippen molar-refractivity contribution in [2.45, 2.75) is 70.1 Å². The molecule has 0 bridgehead atoms. The van der Waals surface area contributed by atoms with Crippen LogP contribution < -0.4 is 5.32 Å². The van der Waals surface area contributed by atoms with Gasteiger partial charge in [-0.3, -0.25) is 4.79 Å². The monoisotopic (exact) mass is 463 g/mol. The third kappa shape index (κ3) is 4.63. The highest BCUT2D eigenvalue weighted by atomic mass is 16.6. The number of aliphatic hydroxyl groups excluding tert-OH is 1. The molecule has 1 aliphatic carbocycles. The zero-order valence-electron chi connectivity index (χ0n) is 20.3.